The second-order valence-corrected chi connectivity index (χ2v) is 6.40. The van der Waals surface area contributed by atoms with Crippen LogP contribution in [0.4, 0.5) is 8.78 Å². The zero-order valence-electron chi connectivity index (χ0n) is 10.1. The van der Waals surface area contributed by atoms with Gasteiger partial charge in [0, 0.05) is 29.1 Å². The van der Waals surface area contributed by atoms with Crippen LogP contribution < -0.4 is 5.32 Å². The van der Waals surface area contributed by atoms with Gasteiger partial charge in [-0.05, 0) is 30.5 Å². The molecule has 19 heavy (non-hydrogen) atoms. The van der Waals surface area contributed by atoms with E-state index in [1.54, 1.807) is 11.3 Å². The number of hydrogen-bond acceptors (Lipinski definition) is 2. The van der Waals surface area contributed by atoms with E-state index in [0.717, 1.165) is 23.2 Å². The molecular formula is C14H12ClF2NS. The third-order valence-corrected chi connectivity index (χ3v) is 4.74. The van der Waals surface area contributed by atoms with Gasteiger partial charge in [-0.2, -0.15) is 0 Å². The highest BCUT2D eigenvalue weighted by Crippen LogP contribution is 2.39. The van der Waals surface area contributed by atoms with E-state index in [1.165, 1.54) is 22.6 Å². The summed E-state index contributed by atoms with van der Waals surface area (Å²) in [5, 5.41) is 3.31. The Labute approximate surface area is 119 Å². The highest BCUT2D eigenvalue weighted by Gasteiger charge is 2.24. The maximum Gasteiger partial charge on any atom is 0.130 e. The van der Waals surface area contributed by atoms with Gasteiger partial charge >= 0.3 is 0 Å². The number of nitrogens with one attached hydrogen (secondary N) is 1. The average molecular weight is 300 g/mol. The van der Waals surface area contributed by atoms with Crippen molar-refractivity contribution in [2.45, 2.75) is 25.4 Å². The molecule has 2 aromatic rings. The van der Waals surface area contributed by atoms with E-state index in [4.69, 9.17) is 11.6 Å². The maximum atomic E-state index is 13.5. The fourth-order valence-corrected chi connectivity index (χ4v) is 3.80. The van der Waals surface area contributed by atoms with Crippen LogP contribution in [0.5, 0.6) is 0 Å². The lowest BCUT2D eigenvalue weighted by Crippen LogP contribution is -2.19. The molecule has 0 radical (unpaired) electrons. The molecule has 0 fully saturated rings. The Morgan fingerprint density at radius 3 is 2.95 bits per heavy atom. The number of rotatable bonds is 3. The Hall–Kier alpha value is -0.970. The largest absolute Gasteiger partial charge is 0.306 e. The second-order valence-electron chi connectivity index (χ2n) is 4.64. The van der Waals surface area contributed by atoms with Crippen LogP contribution in [0, 0.1) is 11.6 Å². The first-order chi connectivity index (χ1) is 9.13. The first kappa shape index (κ1) is 13.0. The van der Waals surface area contributed by atoms with Crippen molar-refractivity contribution in [1.82, 2.24) is 5.32 Å². The average Bonchev–Trinajstić information content (AvgIpc) is 2.88. The van der Waals surface area contributed by atoms with Crippen LogP contribution in [0.2, 0.25) is 4.34 Å². The first-order valence-electron chi connectivity index (χ1n) is 6.09. The van der Waals surface area contributed by atoms with E-state index in [0.29, 0.717) is 12.1 Å². The Morgan fingerprint density at radius 1 is 1.32 bits per heavy atom. The number of thiophene rings is 1. The molecule has 0 saturated carbocycles. The molecule has 1 atom stereocenters. The Kier molecular flexibility index (Phi) is 3.56. The lowest BCUT2D eigenvalue weighted by atomic mass is 10.1. The van der Waals surface area contributed by atoms with Gasteiger partial charge in [0.15, 0.2) is 0 Å². The van der Waals surface area contributed by atoms with E-state index in [-0.39, 0.29) is 6.04 Å². The minimum atomic E-state index is -0.547. The van der Waals surface area contributed by atoms with Crippen LogP contribution >= 0.6 is 22.9 Å². The van der Waals surface area contributed by atoms with E-state index in [1.807, 2.05) is 6.07 Å². The molecule has 0 spiro atoms. The molecule has 0 aliphatic heterocycles. The Morgan fingerprint density at radius 2 is 2.16 bits per heavy atom. The number of benzene rings is 1. The molecule has 1 aromatic heterocycles. The molecule has 1 unspecified atom stereocenters. The molecule has 1 N–H and O–H groups in total. The van der Waals surface area contributed by atoms with Crippen LogP contribution in [0.1, 0.15) is 28.5 Å². The topological polar surface area (TPSA) is 12.0 Å². The maximum absolute atomic E-state index is 13.5. The van der Waals surface area contributed by atoms with Gasteiger partial charge in [0.1, 0.15) is 11.6 Å². The van der Waals surface area contributed by atoms with Crippen LogP contribution in [0.15, 0.2) is 24.3 Å². The van der Waals surface area contributed by atoms with Crippen LogP contribution in [-0.2, 0) is 13.0 Å². The highest BCUT2D eigenvalue weighted by atomic mass is 35.5. The van der Waals surface area contributed by atoms with Crippen LogP contribution in [0.3, 0.4) is 0 Å². The predicted octanol–water partition coefficient (Wildman–Crippen LogP) is 4.46. The Bertz CT molecular complexity index is 611. The zero-order chi connectivity index (χ0) is 13.4. The van der Waals surface area contributed by atoms with Crippen molar-refractivity contribution in [3.05, 3.63) is 56.2 Å². The van der Waals surface area contributed by atoms with Crippen molar-refractivity contribution in [3.63, 3.8) is 0 Å². The molecule has 100 valence electrons. The van der Waals surface area contributed by atoms with Crippen molar-refractivity contribution in [2.24, 2.45) is 0 Å². The quantitative estimate of drug-likeness (QED) is 0.882. The summed E-state index contributed by atoms with van der Waals surface area (Å²) in [5.41, 5.74) is 1.70. The lowest BCUT2D eigenvalue weighted by molar-refractivity contribution is 0.508. The molecule has 0 saturated heterocycles. The smallest absolute Gasteiger partial charge is 0.130 e. The summed E-state index contributed by atoms with van der Waals surface area (Å²) in [6.07, 6.45) is 2.01. The van der Waals surface area contributed by atoms with Gasteiger partial charge in [-0.1, -0.05) is 17.7 Å². The summed E-state index contributed by atoms with van der Waals surface area (Å²) >= 11 is 7.60. The highest BCUT2D eigenvalue weighted by molar-refractivity contribution is 7.16. The van der Waals surface area contributed by atoms with Gasteiger partial charge in [0.2, 0.25) is 0 Å². The molecule has 0 bridgehead atoms. The molecule has 1 aliphatic rings. The van der Waals surface area contributed by atoms with Gasteiger partial charge < -0.3 is 5.32 Å². The first-order valence-corrected chi connectivity index (χ1v) is 7.28. The summed E-state index contributed by atoms with van der Waals surface area (Å²) in [6.45, 7) is 0.393. The van der Waals surface area contributed by atoms with E-state index in [9.17, 15) is 8.78 Å². The molecule has 5 heteroatoms. The number of aryl methyl sites for hydroxylation is 1. The zero-order valence-corrected chi connectivity index (χ0v) is 11.6. The Balaban J connectivity index is 1.70. The van der Waals surface area contributed by atoms with Crippen LogP contribution in [0.25, 0.3) is 0 Å². The van der Waals surface area contributed by atoms with Gasteiger partial charge in [0.25, 0.3) is 0 Å². The summed E-state index contributed by atoms with van der Waals surface area (Å²) in [4.78, 5) is 1.31. The molecule has 1 aliphatic carbocycles. The monoisotopic (exact) mass is 299 g/mol. The molecule has 3 rings (SSSR count). The minimum absolute atomic E-state index is 0.211. The second kappa shape index (κ2) is 5.19. The normalized spacial score (nSPS) is 17.7. The standard InChI is InChI=1S/C14H12ClF2NS/c15-14-6-10-12(3-4-13(10)19-14)18-7-8-1-2-9(16)5-11(8)17/h1-2,5-6,12,18H,3-4,7H2. The summed E-state index contributed by atoms with van der Waals surface area (Å²) in [5.74, 6) is -1.05. The molecule has 1 aromatic carbocycles. The number of hydrogen-bond donors (Lipinski definition) is 1. The van der Waals surface area contributed by atoms with Gasteiger partial charge in [-0.3, -0.25) is 0 Å². The van der Waals surface area contributed by atoms with Crippen molar-refractivity contribution in [1.29, 1.82) is 0 Å². The molecule has 1 nitrogen and oxygen atoms in total. The van der Waals surface area contributed by atoms with Gasteiger partial charge in [-0.15, -0.1) is 11.3 Å². The summed E-state index contributed by atoms with van der Waals surface area (Å²) in [6, 6.07) is 5.87. The lowest BCUT2D eigenvalue weighted by Gasteiger charge is -2.13. The predicted molar refractivity (Wildman–Crippen MR) is 73.6 cm³/mol. The molecule has 0 amide bonds. The van der Waals surface area contributed by atoms with Gasteiger partial charge in [0.05, 0.1) is 4.34 Å². The van der Waals surface area contributed by atoms with Crippen molar-refractivity contribution in [2.75, 3.05) is 0 Å². The third-order valence-electron chi connectivity index (χ3n) is 3.40. The summed E-state index contributed by atoms with van der Waals surface area (Å²) < 4.78 is 27.1. The SMILES string of the molecule is Fc1ccc(CNC2CCc3sc(Cl)cc32)c(F)c1. The van der Waals surface area contributed by atoms with Crippen molar-refractivity contribution < 1.29 is 8.78 Å². The third kappa shape index (κ3) is 2.66. The fraction of sp³-hybridized carbons (Fsp3) is 0.286. The van der Waals surface area contributed by atoms with Crippen molar-refractivity contribution in [3.8, 4) is 0 Å². The van der Waals surface area contributed by atoms with Crippen LogP contribution in [-0.4, -0.2) is 0 Å². The van der Waals surface area contributed by atoms with Crippen molar-refractivity contribution >= 4 is 22.9 Å². The molecule has 1 heterocycles. The summed E-state index contributed by atoms with van der Waals surface area (Å²) in [7, 11) is 0. The number of fused-ring (bicyclic) bond motifs is 1. The number of halogens is 3. The minimum Gasteiger partial charge on any atom is -0.306 e. The fourth-order valence-electron chi connectivity index (χ4n) is 2.44. The molecular weight excluding hydrogens is 288 g/mol. The van der Waals surface area contributed by atoms with E-state index in [2.05, 4.69) is 5.32 Å². The van der Waals surface area contributed by atoms with Gasteiger partial charge in [-0.25, -0.2) is 8.78 Å². The van der Waals surface area contributed by atoms with E-state index >= 15 is 0 Å². The van der Waals surface area contributed by atoms with E-state index < -0.39 is 11.6 Å².